The van der Waals surface area contributed by atoms with Crippen LogP contribution in [0.1, 0.15) is 5.76 Å². The van der Waals surface area contributed by atoms with E-state index in [-0.39, 0.29) is 11.5 Å². The van der Waals surface area contributed by atoms with Gasteiger partial charge in [-0.3, -0.25) is 4.79 Å². The van der Waals surface area contributed by atoms with E-state index in [2.05, 4.69) is 0 Å². The van der Waals surface area contributed by atoms with Gasteiger partial charge in [0.1, 0.15) is 30.2 Å². The molecule has 0 amide bonds. The number of hydrogen-bond acceptors (Lipinski definition) is 8. The van der Waals surface area contributed by atoms with Crippen molar-refractivity contribution in [3.63, 3.8) is 0 Å². The second-order valence-corrected chi connectivity index (χ2v) is 4.49. The van der Waals surface area contributed by atoms with Gasteiger partial charge in [0.2, 0.25) is 17.5 Å². The van der Waals surface area contributed by atoms with Gasteiger partial charge < -0.3 is 34.3 Å². The van der Waals surface area contributed by atoms with E-state index in [1.54, 1.807) is 0 Å². The molecule has 0 aromatic carbocycles. The lowest BCUT2D eigenvalue weighted by Crippen LogP contribution is -2.60. The number of aliphatic hydroxyl groups excluding tert-OH is 4. The third kappa shape index (κ3) is 2.69. The number of hydrogen-bond donors (Lipinski definition) is 4. The normalized spacial score (nSPS) is 34.0. The van der Waals surface area contributed by atoms with Crippen molar-refractivity contribution in [2.75, 3.05) is 6.61 Å². The Kier molecular flexibility index (Phi) is 4.41. The zero-order valence-electron chi connectivity index (χ0n) is 10.7. The fraction of sp³-hybridized carbons (Fsp3) is 0.583. The van der Waals surface area contributed by atoms with Crippen LogP contribution < -0.4 is 10.2 Å². The Balaban J connectivity index is 2.22. The molecule has 0 radical (unpaired) electrons. The Hall–Kier alpha value is -1.45. The van der Waals surface area contributed by atoms with Crippen LogP contribution in [-0.4, -0.2) is 57.7 Å². The van der Waals surface area contributed by atoms with Gasteiger partial charge in [0.05, 0.1) is 12.9 Å². The predicted molar refractivity (Wildman–Crippen MR) is 64.1 cm³/mol. The largest absolute Gasteiger partial charge is 0.465 e. The molecule has 8 heteroatoms. The Bertz CT molecular complexity index is 510. The highest BCUT2D eigenvalue weighted by atomic mass is 16.7. The molecule has 1 saturated heterocycles. The first-order chi connectivity index (χ1) is 9.45. The molecule has 1 aromatic heterocycles. The molecule has 0 saturated carbocycles. The van der Waals surface area contributed by atoms with Gasteiger partial charge in [-0.1, -0.05) is 0 Å². The van der Waals surface area contributed by atoms with Crippen LogP contribution in [0.3, 0.4) is 0 Å². The van der Waals surface area contributed by atoms with Crippen LogP contribution in [0, 0.1) is 6.92 Å². The van der Waals surface area contributed by atoms with Crippen molar-refractivity contribution in [2.24, 2.45) is 0 Å². The average molecular weight is 288 g/mol. The van der Waals surface area contributed by atoms with Crippen molar-refractivity contribution < 1.29 is 34.3 Å². The standard InChI is InChI=1S/C12H16O8/c1-5-11(6(14)2-3-18-5)20-12-10(17)9(16)8(15)7(4-13)19-12/h2-3,7-10,12-13,15-17H,4H2,1H3/t7-,8-,9+,10-,12+/m1/s1. The Labute approximate surface area is 113 Å². The van der Waals surface area contributed by atoms with Crippen molar-refractivity contribution in [3.8, 4) is 5.75 Å². The Morgan fingerprint density at radius 3 is 2.55 bits per heavy atom. The number of ether oxygens (including phenoxy) is 2. The molecule has 4 N–H and O–H groups in total. The first-order valence-electron chi connectivity index (χ1n) is 6.01. The molecule has 0 bridgehead atoms. The van der Waals surface area contributed by atoms with Crippen LogP contribution >= 0.6 is 0 Å². The fourth-order valence-corrected chi connectivity index (χ4v) is 1.92. The van der Waals surface area contributed by atoms with E-state index in [4.69, 9.17) is 19.0 Å². The van der Waals surface area contributed by atoms with Gasteiger partial charge in [-0.05, 0) is 6.92 Å². The number of rotatable bonds is 3. The molecule has 0 spiro atoms. The summed E-state index contributed by atoms with van der Waals surface area (Å²) in [6.45, 7) is 0.911. The van der Waals surface area contributed by atoms with Gasteiger partial charge in [0.25, 0.3) is 0 Å². The molecule has 2 rings (SSSR count). The van der Waals surface area contributed by atoms with Gasteiger partial charge in [0, 0.05) is 6.07 Å². The SMILES string of the molecule is Cc1occc(=O)c1O[C@@H]1O[C@H](CO)[C@@H](O)[C@H](O)[C@H]1O. The summed E-state index contributed by atoms with van der Waals surface area (Å²) in [6, 6.07) is 1.13. The van der Waals surface area contributed by atoms with E-state index < -0.39 is 42.7 Å². The van der Waals surface area contributed by atoms with Crippen LogP contribution in [0.2, 0.25) is 0 Å². The Morgan fingerprint density at radius 2 is 1.95 bits per heavy atom. The van der Waals surface area contributed by atoms with E-state index in [1.807, 2.05) is 0 Å². The predicted octanol–water partition coefficient (Wildman–Crippen LogP) is -1.87. The summed E-state index contributed by atoms with van der Waals surface area (Å²) < 4.78 is 15.3. The summed E-state index contributed by atoms with van der Waals surface area (Å²) in [5.41, 5.74) is -0.481. The van der Waals surface area contributed by atoms with Gasteiger partial charge in [-0.15, -0.1) is 0 Å². The van der Waals surface area contributed by atoms with Crippen molar-refractivity contribution in [1.29, 1.82) is 0 Å². The number of aliphatic hydroxyl groups is 4. The molecule has 8 nitrogen and oxygen atoms in total. The Morgan fingerprint density at radius 1 is 1.25 bits per heavy atom. The van der Waals surface area contributed by atoms with Crippen LogP contribution in [0.5, 0.6) is 5.75 Å². The quantitative estimate of drug-likeness (QED) is 0.509. The summed E-state index contributed by atoms with van der Waals surface area (Å²) in [5, 5.41) is 38.1. The molecule has 1 aromatic rings. The van der Waals surface area contributed by atoms with E-state index in [0.29, 0.717) is 0 Å². The third-order valence-electron chi connectivity index (χ3n) is 3.09. The summed E-state index contributed by atoms with van der Waals surface area (Å²) in [4.78, 5) is 11.6. The van der Waals surface area contributed by atoms with Crippen molar-refractivity contribution in [2.45, 2.75) is 37.6 Å². The molecule has 1 fully saturated rings. The third-order valence-corrected chi connectivity index (χ3v) is 3.09. The molecule has 0 aliphatic carbocycles. The molecule has 1 aliphatic rings. The number of aryl methyl sites for hydroxylation is 1. The minimum absolute atomic E-state index is 0.170. The summed E-state index contributed by atoms with van der Waals surface area (Å²) in [6.07, 6.45) is -5.95. The lowest BCUT2D eigenvalue weighted by atomic mass is 9.99. The molecule has 1 aliphatic heterocycles. The second kappa shape index (κ2) is 5.90. The van der Waals surface area contributed by atoms with Crippen LogP contribution in [-0.2, 0) is 4.74 Å². The summed E-state index contributed by atoms with van der Waals surface area (Å²) in [7, 11) is 0. The van der Waals surface area contributed by atoms with Gasteiger partial charge in [0.15, 0.2) is 0 Å². The van der Waals surface area contributed by atoms with E-state index in [9.17, 15) is 20.1 Å². The molecule has 2 heterocycles. The van der Waals surface area contributed by atoms with E-state index in [0.717, 1.165) is 6.07 Å². The first-order valence-corrected chi connectivity index (χ1v) is 6.01. The topological polar surface area (TPSA) is 130 Å². The van der Waals surface area contributed by atoms with Crippen molar-refractivity contribution in [1.82, 2.24) is 0 Å². The van der Waals surface area contributed by atoms with Gasteiger partial charge in [-0.2, -0.15) is 0 Å². The van der Waals surface area contributed by atoms with Crippen LogP contribution in [0.4, 0.5) is 0 Å². The van der Waals surface area contributed by atoms with E-state index >= 15 is 0 Å². The molecule has 5 atom stereocenters. The maximum atomic E-state index is 11.6. The minimum atomic E-state index is -1.58. The smallest absolute Gasteiger partial charge is 0.229 e. The van der Waals surface area contributed by atoms with Crippen LogP contribution in [0.15, 0.2) is 21.5 Å². The lowest BCUT2D eigenvalue weighted by molar-refractivity contribution is -0.277. The zero-order chi connectivity index (χ0) is 14.9. The van der Waals surface area contributed by atoms with Crippen molar-refractivity contribution in [3.05, 3.63) is 28.3 Å². The highest BCUT2D eigenvalue weighted by molar-refractivity contribution is 5.23. The van der Waals surface area contributed by atoms with Crippen molar-refractivity contribution >= 4 is 0 Å². The minimum Gasteiger partial charge on any atom is -0.465 e. The highest BCUT2D eigenvalue weighted by Gasteiger charge is 2.45. The summed E-state index contributed by atoms with van der Waals surface area (Å²) in [5.74, 6) is 0.00582. The van der Waals surface area contributed by atoms with Crippen LogP contribution in [0.25, 0.3) is 0 Å². The van der Waals surface area contributed by atoms with Gasteiger partial charge >= 0.3 is 0 Å². The second-order valence-electron chi connectivity index (χ2n) is 4.49. The molecule has 112 valence electrons. The zero-order valence-corrected chi connectivity index (χ0v) is 10.7. The summed E-state index contributed by atoms with van der Waals surface area (Å²) >= 11 is 0. The van der Waals surface area contributed by atoms with E-state index in [1.165, 1.54) is 13.2 Å². The maximum Gasteiger partial charge on any atom is 0.229 e. The molecular weight excluding hydrogens is 272 g/mol. The monoisotopic (exact) mass is 288 g/mol. The lowest BCUT2D eigenvalue weighted by Gasteiger charge is -2.39. The highest BCUT2D eigenvalue weighted by Crippen LogP contribution is 2.24. The molecular formula is C12H16O8. The maximum absolute atomic E-state index is 11.6. The first kappa shape index (κ1) is 14.9. The fourth-order valence-electron chi connectivity index (χ4n) is 1.92. The average Bonchev–Trinajstić information content (AvgIpc) is 2.43. The molecule has 20 heavy (non-hydrogen) atoms. The van der Waals surface area contributed by atoms with Gasteiger partial charge in [-0.25, -0.2) is 0 Å². The molecule has 0 unspecified atom stereocenters.